The van der Waals surface area contributed by atoms with E-state index in [4.69, 9.17) is 9.47 Å². The number of nitrogens with zero attached hydrogens (tertiary/aromatic N) is 3. The molecule has 3 saturated heterocycles. The van der Waals surface area contributed by atoms with Crippen LogP contribution < -0.4 is 10.1 Å². The van der Waals surface area contributed by atoms with Crippen LogP contribution in [-0.4, -0.2) is 63.4 Å². The number of ether oxygens (including phenoxy) is 2. The average molecular weight is 550 g/mol. The Kier molecular flexibility index (Phi) is 6.26. The zero-order valence-corrected chi connectivity index (χ0v) is 23.0. The van der Waals surface area contributed by atoms with Crippen molar-refractivity contribution in [3.8, 4) is 17.0 Å². The minimum Gasteiger partial charge on any atom is -0.490 e. The number of fused-ring (bicyclic) bond motifs is 3. The first-order valence-electron chi connectivity index (χ1n) is 15.0. The third-order valence-electron chi connectivity index (χ3n) is 9.43. The van der Waals surface area contributed by atoms with E-state index in [0.29, 0.717) is 29.6 Å². The molecule has 2 unspecified atom stereocenters. The summed E-state index contributed by atoms with van der Waals surface area (Å²) in [5.41, 5.74) is 4.27. The van der Waals surface area contributed by atoms with E-state index in [9.17, 15) is 4.79 Å². The highest BCUT2D eigenvalue weighted by molar-refractivity contribution is 6.01. The van der Waals surface area contributed by atoms with Crippen LogP contribution >= 0.6 is 0 Å². The second-order valence-corrected chi connectivity index (χ2v) is 12.1. The Bertz CT molecular complexity index is 1530. The molecule has 8 nitrogen and oxygen atoms in total. The first kappa shape index (κ1) is 25.0. The van der Waals surface area contributed by atoms with Gasteiger partial charge in [-0.25, -0.2) is 0 Å². The first-order valence-corrected chi connectivity index (χ1v) is 15.0. The van der Waals surface area contributed by atoms with E-state index in [1.807, 2.05) is 48.5 Å². The van der Waals surface area contributed by atoms with Crippen molar-refractivity contribution in [1.29, 1.82) is 0 Å². The van der Waals surface area contributed by atoms with Crippen LogP contribution in [0.5, 0.6) is 5.75 Å². The van der Waals surface area contributed by atoms with Gasteiger partial charge in [-0.2, -0.15) is 5.10 Å². The van der Waals surface area contributed by atoms with Gasteiger partial charge in [0.1, 0.15) is 11.9 Å². The van der Waals surface area contributed by atoms with Gasteiger partial charge in [0.15, 0.2) is 0 Å². The van der Waals surface area contributed by atoms with Crippen LogP contribution in [0.1, 0.15) is 60.6 Å². The van der Waals surface area contributed by atoms with Gasteiger partial charge in [0.05, 0.1) is 42.2 Å². The quantitative estimate of drug-likeness (QED) is 0.311. The second kappa shape index (κ2) is 10.3. The van der Waals surface area contributed by atoms with Crippen LogP contribution in [0.15, 0.2) is 66.9 Å². The summed E-state index contributed by atoms with van der Waals surface area (Å²) in [5.74, 6) is 1.26. The lowest BCUT2D eigenvalue weighted by atomic mass is 9.96. The summed E-state index contributed by atoms with van der Waals surface area (Å²) in [7, 11) is 0. The number of rotatable bonds is 8. The predicted octanol–water partition coefficient (Wildman–Crippen LogP) is 5.28. The predicted molar refractivity (Wildman–Crippen MR) is 156 cm³/mol. The second-order valence-electron chi connectivity index (χ2n) is 12.1. The summed E-state index contributed by atoms with van der Waals surface area (Å²) in [5, 5.41) is 11.9. The maximum absolute atomic E-state index is 13.3. The number of benzene rings is 2. The lowest BCUT2D eigenvalue weighted by molar-refractivity contribution is -0.102. The molecule has 8 rings (SSSR count). The summed E-state index contributed by atoms with van der Waals surface area (Å²) in [6.07, 6.45) is 9.00. The van der Waals surface area contributed by atoms with E-state index in [1.54, 1.807) is 6.20 Å². The molecular weight excluding hydrogens is 514 g/mol. The largest absolute Gasteiger partial charge is 0.490 e. The van der Waals surface area contributed by atoms with Gasteiger partial charge in [-0.15, -0.1) is 0 Å². The van der Waals surface area contributed by atoms with Gasteiger partial charge in [-0.1, -0.05) is 6.07 Å². The molecule has 0 radical (unpaired) electrons. The third-order valence-corrected chi connectivity index (χ3v) is 9.43. The number of carbonyl (C=O) groups is 1. The van der Waals surface area contributed by atoms with Crippen LogP contribution in [0.4, 0.5) is 0 Å². The maximum Gasteiger partial charge on any atom is 0.251 e. The number of H-pyrrole nitrogens is 1. The minimum absolute atomic E-state index is 0.0644. The van der Waals surface area contributed by atoms with Gasteiger partial charge in [0.25, 0.3) is 5.91 Å². The smallest absolute Gasteiger partial charge is 0.251 e. The van der Waals surface area contributed by atoms with Crippen molar-refractivity contribution in [2.24, 2.45) is 5.92 Å². The molecule has 210 valence electrons. The van der Waals surface area contributed by atoms with Gasteiger partial charge in [-0.3, -0.25) is 19.8 Å². The fraction of sp³-hybridized carbons (Fsp3) is 0.424. The maximum atomic E-state index is 13.3. The number of aromatic amines is 1. The van der Waals surface area contributed by atoms with Crippen molar-refractivity contribution in [2.75, 3.05) is 13.2 Å². The summed E-state index contributed by atoms with van der Waals surface area (Å²) in [4.78, 5) is 20.6. The molecule has 2 aromatic heterocycles. The van der Waals surface area contributed by atoms with E-state index in [0.717, 1.165) is 72.5 Å². The average Bonchev–Trinajstić information content (AvgIpc) is 3.68. The van der Waals surface area contributed by atoms with Gasteiger partial charge >= 0.3 is 0 Å². The van der Waals surface area contributed by atoms with Crippen LogP contribution in [0.3, 0.4) is 0 Å². The SMILES string of the molecule is O=C(N[C@H](c1ccccn1)C1CC1)c1ccc2[nH]nc(-c3ccc(OC4CC5CCC(C4)N5C4COC4)cc3)c2c1. The fourth-order valence-electron chi connectivity index (χ4n) is 7.16. The molecule has 41 heavy (non-hydrogen) atoms. The van der Waals surface area contributed by atoms with Crippen LogP contribution in [0.25, 0.3) is 22.2 Å². The number of amides is 1. The van der Waals surface area contributed by atoms with Crippen molar-refractivity contribution in [2.45, 2.75) is 68.8 Å². The van der Waals surface area contributed by atoms with Crippen LogP contribution in [0, 0.1) is 5.92 Å². The molecule has 2 bridgehead atoms. The van der Waals surface area contributed by atoms with Gasteiger partial charge < -0.3 is 14.8 Å². The highest BCUT2D eigenvalue weighted by Gasteiger charge is 2.46. The summed E-state index contributed by atoms with van der Waals surface area (Å²) in [6, 6.07) is 21.6. The number of nitrogens with one attached hydrogen (secondary N) is 2. The van der Waals surface area contributed by atoms with Crippen molar-refractivity contribution in [3.63, 3.8) is 0 Å². The number of aromatic nitrogens is 3. The fourth-order valence-corrected chi connectivity index (χ4v) is 7.16. The molecule has 1 saturated carbocycles. The molecule has 4 aliphatic rings. The zero-order chi connectivity index (χ0) is 27.3. The lowest BCUT2D eigenvalue weighted by Gasteiger charge is -2.46. The van der Waals surface area contributed by atoms with Crippen LogP contribution in [-0.2, 0) is 4.74 Å². The van der Waals surface area contributed by atoms with Crippen molar-refractivity contribution >= 4 is 16.8 Å². The number of hydrogen-bond acceptors (Lipinski definition) is 6. The summed E-state index contributed by atoms with van der Waals surface area (Å²) >= 11 is 0. The molecule has 1 aliphatic carbocycles. The normalized spacial score (nSPS) is 25.1. The molecule has 4 fully saturated rings. The van der Waals surface area contributed by atoms with Crippen LogP contribution in [0.2, 0.25) is 0 Å². The van der Waals surface area contributed by atoms with Gasteiger partial charge in [0, 0.05) is 34.8 Å². The number of pyridine rings is 1. The summed E-state index contributed by atoms with van der Waals surface area (Å²) in [6.45, 7) is 1.78. The lowest BCUT2D eigenvalue weighted by Crippen LogP contribution is -2.57. The Hall–Kier alpha value is -3.75. The first-order chi connectivity index (χ1) is 20.2. The molecule has 2 N–H and O–H groups in total. The monoisotopic (exact) mass is 549 g/mol. The van der Waals surface area contributed by atoms with Gasteiger partial charge in [0.2, 0.25) is 0 Å². The molecule has 2 aromatic carbocycles. The van der Waals surface area contributed by atoms with Crippen molar-refractivity contribution in [3.05, 3.63) is 78.1 Å². The van der Waals surface area contributed by atoms with E-state index >= 15 is 0 Å². The topological polar surface area (TPSA) is 92.4 Å². The molecule has 5 heterocycles. The summed E-state index contributed by atoms with van der Waals surface area (Å²) < 4.78 is 11.9. The van der Waals surface area contributed by atoms with Crippen molar-refractivity contribution in [1.82, 2.24) is 25.4 Å². The Morgan fingerprint density at radius 2 is 1.78 bits per heavy atom. The zero-order valence-electron chi connectivity index (χ0n) is 23.0. The van der Waals surface area contributed by atoms with Crippen molar-refractivity contribution < 1.29 is 14.3 Å². The van der Waals surface area contributed by atoms with E-state index < -0.39 is 0 Å². The molecule has 3 atom stereocenters. The van der Waals surface area contributed by atoms with Gasteiger partial charge in [-0.05, 0) is 99.0 Å². The Morgan fingerprint density at radius 1 is 0.976 bits per heavy atom. The Balaban J connectivity index is 0.970. The highest BCUT2D eigenvalue weighted by atomic mass is 16.5. The highest BCUT2D eigenvalue weighted by Crippen LogP contribution is 2.41. The van der Waals surface area contributed by atoms with E-state index in [-0.39, 0.29) is 18.1 Å². The molecule has 0 spiro atoms. The number of piperidine rings is 1. The van der Waals surface area contributed by atoms with E-state index in [2.05, 4.69) is 37.5 Å². The number of carbonyl (C=O) groups excluding carboxylic acids is 1. The minimum atomic E-state index is -0.0878. The molecular formula is C33H35N5O3. The standard InChI is InChI=1S/C33H35N5O3/c39-33(35-32(21-4-5-21)30-3-1-2-14-34-30)22-8-13-29-28(15-22)31(37-36-29)20-6-11-26(12-7-20)41-27-16-23-9-10-24(17-27)38(23)25-18-40-19-25/h1-3,6-8,11-15,21,23-25,27,32H,4-5,9-10,16-19H2,(H,35,39)(H,36,37)/t23?,24?,27?,32-/m0/s1. The Morgan fingerprint density at radius 3 is 2.46 bits per heavy atom. The third kappa shape index (κ3) is 4.79. The molecule has 1 amide bonds. The molecule has 8 heteroatoms. The molecule has 3 aliphatic heterocycles. The molecule has 4 aromatic rings. The number of hydrogen-bond donors (Lipinski definition) is 2. The van der Waals surface area contributed by atoms with E-state index in [1.165, 1.54) is 12.8 Å². The Labute approximate surface area is 239 Å².